The molecule has 1 aromatic rings. The number of halogens is 2. The fraction of sp³-hybridized carbons (Fsp3) is 0.500. The summed E-state index contributed by atoms with van der Waals surface area (Å²) in [5, 5.41) is 3.55. The maximum Gasteiger partial charge on any atom is 0.231 e. The monoisotopic (exact) mass is 299 g/mol. The van der Waals surface area contributed by atoms with Gasteiger partial charge in [-0.2, -0.15) is 0 Å². The number of nitrogens with zero attached hydrogens (tertiary/aromatic N) is 1. The number of benzene rings is 1. The number of likely N-dealkylation sites (tertiary alicyclic amines) is 1. The molecule has 1 aliphatic rings. The molecule has 0 radical (unpaired) electrons. The van der Waals surface area contributed by atoms with Gasteiger partial charge in [-0.25, -0.2) is 4.39 Å². The number of nitrogens with one attached hydrogen (secondary N) is 1. The number of hydrogen-bond donors (Lipinski definition) is 2. The Morgan fingerprint density at radius 2 is 2.15 bits per heavy atom. The molecule has 1 aromatic carbocycles. The average molecular weight is 300 g/mol. The van der Waals surface area contributed by atoms with Gasteiger partial charge in [0.05, 0.1) is 11.6 Å². The van der Waals surface area contributed by atoms with Gasteiger partial charge in [-0.05, 0) is 30.5 Å². The number of piperidine rings is 1. The first-order chi connectivity index (χ1) is 9.54. The van der Waals surface area contributed by atoms with Gasteiger partial charge in [0, 0.05) is 25.7 Å². The predicted octanol–water partition coefficient (Wildman–Crippen LogP) is 1.52. The van der Waals surface area contributed by atoms with Crippen molar-refractivity contribution in [3.8, 4) is 0 Å². The standard InChI is InChI=1S/C14H19ClFN3O/c15-12-2-1-10(7-13(12)16)8-18-11-3-5-19(6-4-11)9-14(17)20/h1-2,7,11,18H,3-6,8-9H2,(H2,17,20). The molecule has 2 rings (SSSR count). The molecule has 0 bridgehead atoms. The zero-order chi connectivity index (χ0) is 14.5. The van der Waals surface area contributed by atoms with Crippen LogP contribution in [0.25, 0.3) is 0 Å². The van der Waals surface area contributed by atoms with E-state index in [-0.39, 0.29) is 16.7 Å². The fourth-order valence-corrected chi connectivity index (χ4v) is 2.54. The summed E-state index contributed by atoms with van der Waals surface area (Å²) in [4.78, 5) is 12.9. The van der Waals surface area contributed by atoms with E-state index in [2.05, 4.69) is 10.2 Å². The Hall–Kier alpha value is -1.17. The zero-order valence-electron chi connectivity index (χ0n) is 11.2. The number of primary amides is 1. The molecule has 1 aliphatic heterocycles. The molecule has 0 atom stereocenters. The van der Waals surface area contributed by atoms with Crippen LogP contribution in [0.2, 0.25) is 5.02 Å². The first kappa shape index (κ1) is 15.2. The largest absolute Gasteiger partial charge is 0.369 e. The van der Waals surface area contributed by atoms with E-state index in [0.29, 0.717) is 19.1 Å². The summed E-state index contributed by atoms with van der Waals surface area (Å²) in [7, 11) is 0. The van der Waals surface area contributed by atoms with Crippen LogP contribution in [0.15, 0.2) is 18.2 Å². The molecule has 0 aliphatic carbocycles. The highest BCUT2D eigenvalue weighted by Gasteiger charge is 2.19. The van der Waals surface area contributed by atoms with Gasteiger partial charge in [0.25, 0.3) is 0 Å². The van der Waals surface area contributed by atoms with E-state index in [1.165, 1.54) is 6.07 Å². The summed E-state index contributed by atoms with van der Waals surface area (Å²) in [6, 6.07) is 5.24. The summed E-state index contributed by atoms with van der Waals surface area (Å²) in [6.07, 6.45) is 1.92. The molecule has 110 valence electrons. The van der Waals surface area contributed by atoms with E-state index in [9.17, 15) is 9.18 Å². The molecule has 4 nitrogen and oxygen atoms in total. The average Bonchev–Trinajstić information content (AvgIpc) is 2.41. The SMILES string of the molecule is NC(=O)CN1CCC(NCc2ccc(Cl)c(F)c2)CC1. The Morgan fingerprint density at radius 3 is 2.75 bits per heavy atom. The topological polar surface area (TPSA) is 58.4 Å². The molecule has 0 spiro atoms. The Morgan fingerprint density at radius 1 is 1.45 bits per heavy atom. The van der Waals surface area contributed by atoms with Crippen LogP contribution < -0.4 is 11.1 Å². The van der Waals surface area contributed by atoms with E-state index >= 15 is 0 Å². The van der Waals surface area contributed by atoms with E-state index in [1.807, 2.05) is 6.07 Å². The quantitative estimate of drug-likeness (QED) is 0.867. The lowest BCUT2D eigenvalue weighted by molar-refractivity contribution is -0.119. The van der Waals surface area contributed by atoms with Crippen molar-refractivity contribution in [2.24, 2.45) is 5.73 Å². The highest BCUT2D eigenvalue weighted by molar-refractivity contribution is 6.30. The summed E-state index contributed by atoms with van der Waals surface area (Å²) >= 11 is 5.65. The molecule has 0 saturated carbocycles. The molecule has 1 fully saturated rings. The Labute approximate surface area is 123 Å². The van der Waals surface area contributed by atoms with Gasteiger partial charge in [0.1, 0.15) is 5.82 Å². The van der Waals surface area contributed by atoms with Gasteiger partial charge in [0.15, 0.2) is 0 Å². The van der Waals surface area contributed by atoms with Crippen LogP contribution in [0.4, 0.5) is 4.39 Å². The maximum absolute atomic E-state index is 13.3. The first-order valence-electron chi connectivity index (χ1n) is 6.72. The second-order valence-electron chi connectivity index (χ2n) is 5.15. The fourth-order valence-electron chi connectivity index (χ4n) is 2.43. The van der Waals surface area contributed by atoms with Crippen LogP contribution in [-0.4, -0.2) is 36.5 Å². The van der Waals surface area contributed by atoms with Gasteiger partial charge in [0.2, 0.25) is 5.91 Å². The number of amides is 1. The van der Waals surface area contributed by atoms with Crippen LogP contribution in [-0.2, 0) is 11.3 Å². The van der Waals surface area contributed by atoms with Crippen LogP contribution >= 0.6 is 11.6 Å². The molecule has 0 aromatic heterocycles. The van der Waals surface area contributed by atoms with Crippen molar-refractivity contribution in [2.75, 3.05) is 19.6 Å². The van der Waals surface area contributed by atoms with Gasteiger partial charge < -0.3 is 11.1 Å². The third-order valence-electron chi connectivity index (χ3n) is 3.55. The lowest BCUT2D eigenvalue weighted by atomic mass is 10.0. The van der Waals surface area contributed by atoms with Gasteiger partial charge in [-0.15, -0.1) is 0 Å². The van der Waals surface area contributed by atoms with Crippen molar-refractivity contribution < 1.29 is 9.18 Å². The second kappa shape index (κ2) is 7.02. The molecular weight excluding hydrogens is 281 g/mol. The van der Waals surface area contributed by atoms with Crippen LogP contribution in [0.3, 0.4) is 0 Å². The van der Waals surface area contributed by atoms with Gasteiger partial charge in [-0.1, -0.05) is 17.7 Å². The lowest BCUT2D eigenvalue weighted by Gasteiger charge is -2.31. The zero-order valence-corrected chi connectivity index (χ0v) is 12.0. The van der Waals surface area contributed by atoms with E-state index in [4.69, 9.17) is 17.3 Å². The highest BCUT2D eigenvalue weighted by atomic mass is 35.5. The summed E-state index contributed by atoms with van der Waals surface area (Å²) in [5.74, 6) is -0.671. The second-order valence-corrected chi connectivity index (χ2v) is 5.55. The van der Waals surface area contributed by atoms with Gasteiger partial charge in [-0.3, -0.25) is 9.69 Å². The summed E-state index contributed by atoms with van der Waals surface area (Å²) < 4.78 is 13.3. The molecule has 0 unspecified atom stereocenters. The molecule has 3 N–H and O–H groups in total. The van der Waals surface area contributed by atoms with Gasteiger partial charge >= 0.3 is 0 Å². The summed E-state index contributed by atoms with van der Waals surface area (Å²) in [5.41, 5.74) is 6.06. The number of carbonyl (C=O) groups excluding carboxylic acids is 1. The van der Waals surface area contributed by atoms with Crippen LogP contribution in [0.1, 0.15) is 18.4 Å². The highest BCUT2D eigenvalue weighted by Crippen LogP contribution is 2.16. The van der Waals surface area contributed by atoms with E-state index in [0.717, 1.165) is 31.5 Å². The summed E-state index contributed by atoms with van der Waals surface area (Å²) in [6.45, 7) is 2.66. The third-order valence-corrected chi connectivity index (χ3v) is 3.85. The van der Waals surface area contributed by atoms with E-state index < -0.39 is 0 Å². The van der Waals surface area contributed by atoms with Crippen molar-refractivity contribution in [3.63, 3.8) is 0 Å². The minimum atomic E-state index is -0.387. The normalized spacial score (nSPS) is 17.3. The Balaban J connectivity index is 1.75. The number of rotatable bonds is 5. The molecule has 6 heteroatoms. The first-order valence-corrected chi connectivity index (χ1v) is 7.10. The molecule has 1 amide bonds. The smallest absolute Gasteiger partial charge is 0.231 e. The number of nitrogens with two attached hydrogens (primary N) is 1. The molecule has 1 heterocycles. The van der Waals surface area contributed by atoms with Crippen molar-refractivity contribution in [2.45, 2.75) is 25.4 Å². The van der Waals surface area contributed by atoms with Crippen molar-refractivity contribution in [1.82, 2.24) is 10.2 Å². The van der Waals surface area contributed by atoms with Crippen molar-refractivity contribution in [1.29, 1.82) is 0 Å². The van der Waals surface area contributed by atoms with Crippen molar-refractivity contribution >= 4 is 17.5 Å². The number of carbonyl (C=O) groups is 1. The molecule has 1 saturated heterocycles. The van der Waals surface area contributed by atoms with Crippen molar-refractivity contribution in [3.05, 3.63) is 34.6 Å². The third kappa shape index (κ3) is 4.44. The lowest BCUT2D eigenvalue weighted by Crippen LogP contribution is -2.45. The Bertz CT molecular complexity index is 475. The van der Waals surface area contributed by atoms with E-state index in [1.54, 1.807) is 6.07 Å². The number of hydrogen-bond acceptors (Lipinski definition) is 3. The predicted molar refractivity (Wildman–Crippen MR) is 76.9 cm³/mol. The molecular formula is C14H19ClFN3O. The van der Waals surface area contributed by atoms with Crippen LogP contribution in [0.5, 0.6) is 0 Å². The Kier molecular flexibility index (Phi) is 5.34. The minimum Gasteiger partial charge on any atom is -0.369 e. The molecule has 20 heavy (non-hydrogen) atoms. The van der Waals surface area contributed by atoms with Crippen LogP contribution in [0, 0.1) is 5.82 Å². The maximum atomic E-state index is 13.3. The minimum absolute atomic E-state index is 0.147.